The fourth-order valence-corrected chi connectivity index (χ4v) is 1.84. The molecule has 4 heteroatoms. The summed E-state index contributed by atoms with van der Waals surface area (Å²) in [5.74, 6) is 2.18. The molecule has 0 aliphatic carbocycles. The molecule has 1 aromatic carbocycles. The molecule has 0 aliphatic rings. The highest BCUT2D eigenvalue weighted by molar-refractivity contribution is 9.10. The second-order valence-electron chi connectivity index (χ2n) is 2.45. The van der Waals surface area contributed by atoms with Crippen molar-refractivity contribution in [2.45, 2.75) is 5.75 Å². The summed E-state index contributed by atoms with van der Waals surface area (Å²) < 4.78 is 11.3. The van der Waals surface area contributed by atoms with Crippen molar-refractivity contribution in [3.63, 3.8) is 0 Å². The zero-order valence-electron chi connectivity index (χ0n) is 7.50. The first kappa shape index (κ1) is 10.7. The van der Waals surface area contributed by atoms with E-state index in [4.69, 9.17) is 9.47 Å². The Morgan fingerprint density at radius 1 is 1.23 bits per heavy atom. The highest BCUT2D eigenvalue weighted by atomic mass is 79.9. The largest absolute Gasteiger partial charge is 0.496 e. The van der Waals surface area contributed by atoms with Crippen molar-refractivity contribution in [3.8, 4) is 11.5 Å². The lowest BCUT2D eigenvalue weighted by Gasteiger charge is -2.11. The summed E-state index contributed by atoms with van der Waals surface area (Å²) >= 11 is 7.59. The fraction of sp³-hybridized carbons (Fsp3) is 0.333. The van der Waals surface area contributed by atoms with Gasteiger partial charge in [-0.2, -0.15) is 12.6 Å². The Labute approximate surface area is 91.8 Å². The third kappa shape index (κ3) is 2.31. The van der Waals surface area contributed by atoms with Crippen LogP contribution in [-0.2, 0) is 5.75 Å². The molecule has 1 rings (SSSR count). The summed E-state index contributed by atoms with van der Waals surface area (Å²) in [5.41, 5.74) is 0.969. The zero-order valence-corrected chi connectivity index (χ0v) is 9.98. The number of benzene rings is 1. The van der Waals surface area contributed by atoms with Crippen LogP contribution in [0.2, 0.25) is 0 Å². The molecule has 0 atom stereocenters. The van der Waals surface area contributed by atoms with Gasteiger partial charge in [0.15, 0.2) is 0 Å². The molecular weight excluding hydrogens is 252 g/mol. The minimum absolute atomic E-state index is 0.597. The molecule has 0 radical (unpaired) electrons. The van der Waals surface area contributed by atoms with Gasteiger partial charge in [-0.25, -0.2) is 0 Å². The van der Waals surface area contributed by atoms with Crippen molar-refractivity contribution < 1.29 is 9.47 Å². The average molecular weight is 263 g/mol. The van der Waals surface area contributed by atoms with Gasteiger partial charge in [0.2, 0.25) is 0 Å². The summed E-state index contributed by atoms with van der Waals surface area (Å²) in [4.78, 5) is 0. The zero-order chi connectivity index (χ0) is 9.84. The molecule has 0 unspecified atom stereocenters. The maximum absolute atomic E-state index is 5.20. The molecule has 0 bridgehead atoms. The van der Waals surface area contributed by atoms with E-state index < -0.39 is 0 Å². The van der Waals surface area contributed by atoms with E-state index in [9.17, 15) is 0 Å². The topological polar surface area (TPSA) is 18.5 Å². The maximum atomic E-state index is 5.20. The van der Waals surface area contributed by atoms with Gasteiger partial charge in [0.1, 0.15) is 11.5 Å². The van der Waals surface area contributed by atoms with Gasteiger partial charge in [-0.05, 0) is 12.1 Å². The molecule has 0 aromatic heterocycles. The van der Waals surface area contributed by atoms with E-state index in [0.717, 1.165) is 21.5 Å². The van der Waals surface area contributed by atoms with E-state index in [-0.39, 0.29) is 0 Å². The fourth-order valence-electron chi connectivity index (χ4n) is 1.11. The van der Waals surface area contributed by atoms with Gasteiger partial charge >= 0.3 is 0 Å². The SMILES string of the molecule is COc1cc(Br)cc(OC)c1CS. The molecule has 13 heavy (non-hydrogen) atoms. The predicted molar refractivity (Wildman–Crippen MR) is 59.9 cm³/mol. The van der Waals surface area contributed by atoms with Crippen molar-refractivity contribution >= 4 is 28.6 Å². The quantitative estimate of drug-likeness (QED) is 0.845. The molecule has 0 fully saturated rings. The van der Waals surface area contributed by atoms with Crippen LogP contribution >= 0.6 is 28.6 Å². The Morgan fingerprint density at radius 3 is 2.00 bits per heavy atom. The van der Waals surface area contributed by atoms with E-state index in [2.05, 4.69) is 28.6 Å². The molecule has 0 saturated carbocycles. The highest BCUT2D eigenvalue weighted by Crippen LogP contribution is 2.33. The standard InChI is InChI=1S/C9H11BrO2S/c1-11-8-3-6(10)4-9(12-2)7(8)5-13/h3-4,13H,5H2,1-2H3. The van der Waals surface area contributed by atoms with E-state index in [0.29, 0.717) is 5.75 Å². The summed E-state index contributed by atoms with van der Waals surface area (Å²) in [6.45, 7) is 0. The second-order valence-corrected chi connectivity index (χ2v) is 3.68. The van der Waals surface area contributed by atoms with Crippen molar-refractivity contribution in [1.82, 2.24) is 0 Å². The lowest BCUT2D eigenvalue weighted by molar-refractivity contribution is 0.388. The van der Waals surface area contributed by atoms with Crippen LogP contribution in [0.25, 0.3) is 0 Å². The van der Waals surface area contributed by atoms with Crippen LogP contribution in [-0.4, -0.2) is 14.2 Å². The van der Waals surface area contributed by atoms with Crippen LogP contribution in [0, 0.1) is 0 Å². The maximum Gasteiger partial charge on any atom is 0.127 e. The molecule has 0 aliphatic heterocycles. The van der Waals surface area contributed by atoms with Gasteiger partial charge in [0.25, 0.3) is 0 Å². The van der Waals surface area contributed by atoms with Gasteiger partial charge in [0, 0.05) is 15.8 Å². The first-order valence-corrected chi connectivity index (χ1v) is 5.16. The Kier molecular flexibility index (Phi) is 3.93. The molecule has 72 valence electrons. The molecule has 1 aromatic rings. The number of hydrogen-bond donors (Lipinski definition) is 1. The Balaban J connectivity index is 3.25. The number of rotatable bonds is 3. The van der Waals surface area contributed by atoms with E-state index >= 15 is 0 Å². The van der Waals surface area contributed by atoms with E-state index in [1.807, 2.05) is 12.1 Å². The van der Waals surface area contributed by atoms with Crippen molar-refractivity contribution in [2.75, 3.05) is 14.2 Å². The average Bonchev–Trinajstić information content (AvgIpc) is 2.16. The second kappa shape index (κ2) is 4.77. The predicted octanol–water partition coefficient (Wildman–Crippen LogP) is 2.90. The molecule has 0 saturated heterocycles. The summed E-state index contributed by atoms with van der Waals surface area (Å²) in [7, 11) is 3.27. The number of methoxy groups -OCH3 is 2. The van der Waals surface area contributed by atoms with Crippen LogP contribution in [0.5, 0.6) is 11.5 Å². The summed E-state index contributed by atoms with van der Waals surface area (Å²) in [5, 5.41) is 0. The highest BCUT2D eigenvalue weighted by Gasteiger charge is 2.09. The first-order valence-electron chi connectivity index (χ1n) is 3.74. The Hall–Kier alpha value is -0.350. The van der Waals surface area contributed by atoms with Crippen molar-refractivity contribution in [1.29, 1.82) is 0 Å². The molecule has 0 amide bonds. The smallest absolute Gasteiger partial charge is 0.127 e. The number of ether oxygens (including phenoxy) is 2. The molecule has 2 nitrogen and oxygen atoms in total. The molecule has 0 N–H and O–H groups in total. The lowest BCUT2D eigenvalue weighted by Crippen LogP contribution is -1.94. The Bertz CT molecular complexity index is 277. The van der Waals surface area contributed by atoms with Gasteiger partial charge in [-0.3, -0.25) is 0 Å². The number of thiol groups is 1. The summed E-state index contributed by atoms with van der Waals surface area (Å²) in [6.07, 6.45) is 0. The van der Waals surface area contributed by atoms with Crippen LogP contribution < -0.4 is 9.47 Å². The van der Waals surface area contributed by atoms with Crippen LogP contribution in [0.15, 0.2) is 16.6 Å². The van der Waals surface area contributed by atoms with Crippen LogP contribution in [0.4, 0.5) is 0 Å². The Morgan fingerprint density at radius 2 is 1.69 bits per heavy atom. The van der Waals surface area contributed by atoms with Gasteiger partial charge < -0.3 is 9.47 Å². The van der Waals surface area contributed by atoms with Crippen LogP contribution in [0.1, 0.15) is 5.56 Å². The van der Waals surface area contributed by atoms with Gasteiger partial charge in [-0.15, -0.1) is 0 Å². The van der Waals surface area contributed by atoms with Crippen molar-refractivity contribution in [3.05, 3.63) is 22.2 Å². The molecular formula is C9H11BrO2S. The normalized spacial score (nSPS) is 9.85. The monoisotopic (exact) mass is 262 g/mol. The van der Waals surface area contributed by atoms with Crippen LogP contribution in [0.3, 0.4) is 0 Å². The third-order valence-electron chi connectivity index (χ3n) is 1.73. The summed E-state index contributed by atoms with van der Waals surface area (Å²) in [6, 6.07) is 3.79. The lowest BCUT2D eigenvalue weighted by atomic mass is 10.2. The first-order chi connectivity index (χ1) is 6.22. The van der Waals surface area contributed by atoms with E-state index in [1.165, 1.54) is 0 Å². The molecule has 0 spiro atoms. The van der Waals surface area contributed by atoms with Gasteiger partial charge in [0.05, 0.1) is 14.2 Å². The van der Waals surface area contributed by atoms with Gasteiger partial charge in [-0.1, -0.05) is 15.9 Å². The minimum atomic E-state index is 0.597. The third-order valence-corrected chi connectivity index (χ3v) is 2.50. The minimum Gasteiger partial charge on any atom is -0.496 e. The van der Waals surface area contributed by atoms with Crippen molar-refractivity contribution in [2.24, 2.45) is 0 Å². The number of halogens is 1. The number of hydrogen-bond acceptors (Lipinski definition) is 3. The molecule has 0 heterocycles. The van der Waals surface area contributed by atoms with E-state index in [1.54, 1.807) is 14.2 Å².